The van der Waals surface area contributed by atoms with Gasteiger partial charge in [-0.1, -0.05) is 27.5 Å². The van der Waals surface area contributed by atoms with Crippen LogP contribution in [0.3, 0.4) is 0 Å². The number of hydrogen-bond acceptors (Lipinski definition) is 2. The summed E-state index contributed by atoms with van der Waals surface area (Å²) in [5, 5.41) is 4.42. The average molecular weight is 321 g/mol. The van der Waals surface area contributed by atoms with Crippen LogP contribution in [0.2, 0.25) is 5.02 Å². The summed E-state index contributed by atoms with van der Waals surface area (Å²) in [5.41, 5.74) is 2.80. The number of fused-ring (bicyclic) bond motifs is 1. The lowest BCUT2D eigenvalue weighted by molar-refractivity contribution is 0.552. The number of nitrogens with one attached hydrogen (secondary N) is 1. The highest BCUT2D eigenvalue weighted by molar-refractivity contribution is 9.10. The first-order valence-corrected chi connectivity index (χ1v) is 7.99. The Morgan fingerprint density at radius 2 is 2.38 bits per heavy atom. The van der Waals surface area contributed by atoms with Gasteiger partial charge in [-0.05, 0) is 42.4 Å². The molecule has 1 nitrogen and oxygen atoms in total. The van der Waals surface area contributed by atoms with Gasteiger partial charge in [-0.25, -0.2) is 0 Å². The van der Waals surface area contributed by atoms with Gasteiger partial charge in [-0.2, -0.15) is 11.8 Å². The molecule has 1 aromatic rings. The molecule has 1 aliphatic rings. The summed E-state index contributed by atoms with van der Waals surface area (Å²) in [6, 6.07) is 4.58. The lowest BCUT2D eigenvalue weighted by atomic mass is 10.1. The Labute approximate surface area is 114 Å². The second-order valence-electron chi connectivity index (χ2n) is 3.99. The Hall–Kier alpha value is 0.300. The molecule has 1 N–H and O–H groups in total. The van der Waals surface area contributed by atoms with E-state index in [4.69, 9.17) is 11.6 Å². The maximum Gasteiger partial charge on any atom is 0.0420 e. The minimum atomic E-state index is 0.483. The molecule has 1 aromatic carbocycles. The molecule has 0 saturated carbocycles. The predicted octanol–water partition coefficient (Wildman–Crippen LogP) is 4.04. The third-order valence-electron chi connectivity index (χ3n) is 2.95. The first kappa shape index (κ1) is 12.7. The molecular weight excluding hydrogens is 306 g/mol. The van der Waals surface area contributed by atoms with Crippen molar-refractivity contribution >= 4 is 39.3 Å². The summed E-state index contributed by atoms with van der Waals surface area (Å²) in [5.74, 6) is 1.16. The number of rotatable bonds is 4. The van der Waals surface area contributed by atoms with Gasteiger partial charge in [0.2, 0.25) is 0 Å². The Morgan fingerprint density at radius 3 is 3.12 bits per heavy atom. The lowest BCUT2D eigenvalue weighted by Crippen LogP contribution is -2.21. The highest BCUT2D eigenvalue weighted by Crippen LogP contribution is 2.37. The van der Waals surface area contributed by atoms with Crippen LogP contribution in [-0.2, 0) is 6.42 Å². The SMILES string of the molecule is CSCCNC1CCc2c(Br)cc(Cl)cc21. The molecule has 1 atom stereocenters. The van der Waals surface area contributed by atoms with Gasteiger partial charge in [0.15, 0.2) is 0 Å². The molecule has 88 valence electrons. The molecular formula is C12H15BrClNS. The van der Waals surface area contributed by atoms with E-state index in [0.717, 1.165) is 28.2 Å². The Morgan fingerprint density at radius 1 is 1.56 bits per heavy atom. The number of thioether (sulfide) groups is 1. The first-order chi connectivity index (χ1) is 7.72. The topological polar surface area (TPSA) is 12.0 Å². The van der Waals surface area contributed by atoms with Gasteiger partial charge >= 0.3 is 0 Å². The van der Waals surface area contributed by atoms with Gasteiger partial charge in [-0.15, -0.1) is 0 Å². The Bertz CT molecular complexity index is 384. The molecule has 2 rings (SSSR count). The normalized spacial score (nSPS) is 18.8. The Balaban J connectivity index is 2.12. The third-order valence-corrected chi connectivity index (χ3v) is 4.49. The quantitative estimate of drug-likeness (QED) is 0.840. The molecule has 0 fully saturated rings. The van der Waals surface area contributed by atoms with Crippen molar-refractivity contribution in [3.8, 4) is 0 Å². The minimum absolute atomic E-state index is 0.483. The van der Waals surface area contributed by atoms with Gasteiger partial charge in [-0.3, -0.25) is 0 Å². The van der Waals surface area contributed by atoms with Gasteiger partial charge in [0, 0.05) is 27.8 Å². The second-order valence-corrected chi connectivity index (χ2v) is 6.27. The number of benzene rings is 1. The van der Waals surface area contributed by atoms with E-state index in [1.54, 1.807) is 0 Å². The molecule has 0 aromatic heterocycles. The standard InChI is InChI=1S/C12H15BrClNS/c1-16-5-4-15-12-3-2-9-10(12)6-8(14)7-11(9)13/h6-7,12,15H,2-5H2,1H3. The van der Waals surface area contributed by atoms with Crippen molar-refractivity contribution in [2.24, 2.45) is 0 Å². The fourth-order valence-electron chi connectivity index (χ4n) is 2.19. The van der Waals surface area contributed by atoms with Crippen molar-refractivity contribution < 1.29 is 0 Å². The predicted molar refractivity (Wildman–Crippen MR) is 76.6 cm³/mol. The summed E-state index contributed by atoms with van der Waals surface area (Å²) in [4.78, 5) is 0. The second kappa shape index (κ2) is 5.76. The van der Waals surface area contributed by atoms with E-state index in [1.165, 1.54) is 17.5 Å². The largest absolute Gasteiger partial charge is 0.309 e. The average Bonchev–Trinajstić information content (AvgIpc) is 2.62. The van der Waals surface area contributed by atoms with Crippen molar-refractivity contribution in [2.45, 2.75) is 18.9 Å². The smallest absolute Gasteiger partial charge is 0.0420 e. The first-order valence-electron chi connectivity index (χ1n) is 5.42. The fraction of sp³-hybridized carbons (Fsp3) is 0.500. The zero-order valence-electron chi connectivity index (χ0n) is 9.22. The van der Waals surface area contributed by atoms with Crippen LogP contribution < -0.4 is 5.32 Å². The molecule has 0 spiro atoms. The molecule has 0 amide bonds. The van der Waals surface area contributed by atoms with Crippen LogP contribution >= 0.6 is 39.3 Å². The molecule has 0 heterocycles. The van der Waals surface area contributed by atoms with E-state index in [-0.39, 0.29) is 0 Å². The van der Waals surface area contributed by atoms with Gasteiger partial charge in [0.05, 0.1) is 0 Å². The highest BCUT2D eigenvalue weighted by Gasteiger charge is 2.24. The maximum atomic E-state index is 6.09. The van der Waals surface area contributed by atoms with Crippen molar-refractivity contribution in [1.82, 2.24) is 5.32 Å². The minimum Gasteiger partial charge on any atom is -0.309 e. The van der Waals surface area contributed by atoms with E-state index >= 15 is 0 Å². The van der Waals surface area contributed by atoms with Crippen LogP contribution in [0.5, 0.6) is 0 Å². The summed E-state index contributed by atoms with van der Waals surface area (Å²) in [6.45, 7) is 1.06. The van der Waals surface area contributed by atoms with Gasteiger partial charge in [0.1, 0.15) is 0 Å². The third kappa shape index (κ3) is 2.76. The zero-order valence-corrected chi connectivity index (χ0v) is 12.4. The lowest BCUT2D eigenvalue weighted by Gasteiger charge is -2.14. The van der Waals surface area contributed by atoms with Crippen LogP contribution in [0.1, 0.15) is 23.6 Å². The Kier molecular flexibility index (Phi) is 4.59. The van der Waals surface area contributed by atoms with Crippen molar-refractivity contribution in [1.29, 1.82) is 0 Å². The van der Waals surface area contributed by atoms with Crippen molar-refractivity contribution in [3.05, 3.63) is 32.8 Å². The van der Waals surface area contributed by atoms with Crippen LogP contribution in [0, 0.1) is 0 Å². The monoisotopic (exact) mass is 319 g/mol. The van der Waals surface area contributed by atoms with E-state index < -0.39 is 0 Å². The molecule has 0 bridgehead atoms. The van der Waals surface area contributed by atoms with E-state index in [1.807, 2.05) is 17.8 Å². The number of halogens is 2. The molecule has 0 radical (unpaired) electrons. The number of hydrogen-bond donors (Lipinski definition) is 1. The van der Waals surface area contributed by atoms with E-state index in [0.29, 0.717) is 6.04 Å². The molecule has 1 aliphatic carbocycles. The zero-order chi connectivity index (χ0) is 11.5. The van der Waals surface area contributed by atoms with Crippen LogP contribution in [0.4, 0.5) is 0 Å². The van der Waals surface area contributed by atoms with E-state index in [9.17, 15) is 0 Å². The van der Waals surface area contributed by atoms with Gasteiger partial charge in [0.25, 0.3) is 0 Å². The summed E-state index contributed by atoms with van der Waals surface area (Å²) >= 11 is 11.6. The maximum absolute atomic E-state index is 6.09. The van der Waals surface area contributed by atoms with Crippen molar-refractivity contribution in [3.63, 3.8) is 0 Å². The van der Waals surface area contributed by atoms with Crippen LogP contribution in [-0.4, -0.2) is 18.6 Å². The van der Waals surface area contributed by atoms with E-state index in [2.05, 4.69) is 33.6 Å². The van der Waals surface area contributed by atoms with Crippen LogP contribution in [0.15, 0.2) is 16.6 Å². The molecule has 16 heavy (non-hydrogen) atoms. The molecule has 1 unspecified atom stereocenters. The summed E-state index contributed by atoms with van der Waals surface area (Å²) in [6.07, 6.45) is 4.46. The van der Waals surface area contributed by atoms with Gasteiger partial charge < -0.3 is 5.32 Å². The van der Waals surface area contributed by atoms with Crippen molar-refractivity contribution in [2.75, 3.05) is 18.6 Å². The summed E-state index contributed by atoms with van der Waals surface area (Å²) < 4.78 is 1.16. The summed E-state index contributed by atoms with van der Waals surface area (Å²) in [7, 11) is 0. The highest BCUT2D eigenvalue weighted by atomic mass is 79.9. The molecule has 4 heteroatoms. The molecule has 0 aliphatic heterocycles. The van der Waals surface area contributed by atoms with Crippen LogP contribution in [0.25, 0.3) is 0 Å². The molecule has 0 saturated heterocycles. The fourth-order valence-corrected chi connectivity index (χ4v) is 3.54.